The minimum Gasteiger partial charge on any atom is -0.370 e. The van der Waals surface area contributed by atoms with Gasteiger partial charge in [-0.05, 0) is 32.5 Å². The summed E-state index contributed by atoms with van der Waals surface area (Å²) in [7, 11) is 2.13. The van der Waals surface area contributed by atoms with Crippen molar-refractivity contribution in [2.24, 2.45) is 10.7 Å². The van der Waals surface area contributed by atoms with Crippen molar-refractivity contribution in [1.82, 2.24) is 10.2 Å². The van der Waals surface area contributed by atoms with Gasteiger partial charge in [-0.3, -0.25) is 4.99 Å². The van der Waals surface area contributed by atoms with E-state index in [1.54, 1.807) is 0 Å². The second-order valence-corrected chi connectivity index (χ2v) is 4.37. The highest BCUT2D eigenvalue weighted by Gasteiger charge is 1.99. The van der Waals surface area contributed by atoms with E-state index in [4.69, 9.17) is 5.73 Å². The molecule has 0 saturated carbocycles. The second kappa shape index (κ2) is 8.53. The standard InChI is InChI=1S/C14H24N4/c1-3-16-14(15)17-10-7-11-18(2)12-13-8-5-4-6-9-13/h4-6,8-9H,3,7,10-12H2,1-2H3,(H3,15,16,17). The average Bonchev–Trinajstić information content (AvgIpc) is 2.36. The van der Waals surface area contributed by atoms with Crippen LogP contribution in [0.1, 0.15) is 18.9 Å². The number of nitrogens with one attached hydrogen (secondary N) is 1. The first-order valence-electron chi connectivity index (χ1n) is 6.48. The van der Waals surface area contributed by atoms with Gasteiger partial charge in [0.25, 0.3) is 0 Å². The molecule has 1 aromatic rings. The molecule has 0 aliphatic heterocycles. The number of hydrogen-bond donors (Lipinski definition) is 2. The number of hydrogen-bond acceptors (Lipinski definition) is 2. The smallest absolute Gasteiger partial charge is 0.188 e. The summed E-state index contributed by atoms with van der Waals surface area (Å²) in [5, 5.41) is 2.99. The zero-order valence-electron chi connectivity index (χ0n) is 11.4. The summed E-state index contributed by atoms with van der Waals surface area (Å²) >= 11 is 0. The zero-order chi connectivity index (χ0) is 13.2. The second-order valence-electron chi connectivity index (χ2n) is 4.37. The van der Waals surface area contributed by atoms with Gasteiger partial charge in [0.1, 0.15) is 0 Å². The lowest BCUT2D eigenvalue weighted by Gasteiger charge is -2.15. The molecule has 0 aliphatic carbocycles. The van der Waals surface area contributed by atoms with E-state index in [-0.39, 0.29) is 0 Å². The Morgan fingerprint density at radius 2 is 2.06 bits per heavy atom. The molecule has 0 atom stereocenters. The maximum Gasteiger partial charge on any atom is 0.188 e. The third-order valence-corrected chi connectivity index (χ3v) is 2.63. The summed E-state index contributed by atoms with van der Waals surface area (Å²) in [6, 6.07) is 10.5. The molecule has 0 spiro atoms. The number of guanidine groups is 1. The molecule has 0 bridgehead atoms. The van der Waals surface area contributed by atoms with Gasteiger partial charge in [-0.1, -0.05) is 30.3 Å². The van der Waals surface area contributed by atoms with Gasteiger partial charge in [-0.2, -0.15) is 0 Å². The summed E-state index contributed by atoms with van der Waals surface area (Å²) in [6.07, 6.45) is 1.02. The molecule has 1 rings (SSSR count). The highest BCUT2D eigenvalue weighted by molar-refractivity contribution is 5.77. The summed E-state index contributed by atoms with van der Waals surface area (Å²) in [4.78, 5) is 6.55. The van der Waals surface area contributed by atoms with Crippen LogP contribution in [0, 0.1) is 0 Å². The Labute approximate surface area is 110 Å². The van der Waals surface area contributed by atoms with Crippen molar-refractivity contribution in [1.29, 1.82) is 0 Å². The minimum atomic E-state index is 0.545. The number of aliphatic imine (C=N–C) groups is 1. The van der Waals surface area contributed by atoms with E-state index in [0.29, 0.717) is 5.96 Å². The van der Waals surface area contributed by atoms with Crippen LogP contribution in [-0.4, -0.2) is 37.5 Å². The molecule has 0 aliphatic rings. The molecule has 0 radical (unpaired) electrons. The maximum absolute atomic E-state index is 5.65. The van der Waals surface area contributed by atoms with Crippen molar-refractivity contribution in [3.05, 3.63) is 35.9 Å². The van der Waals surface area contributed by atoms with Crippen molar-refractivity contribution in [3.63, 3.8) is 0 Å². The number of nitrogens with two attached hydrogens (primary N) is 1. The van der Waals surface area contributed by atoms with Crippen LogP contribution < -0.4 is 11.1 Å². The molecule has 0 heterocycles. The van der Waals surface area contributed by atoms with E-state index in [1.807, 2.05) is 13.0 Å². The molecule has 0 unspecified atom stereocenters. The summed E-state index contributed by atoms with van der Waals surface area (Å²) in [5.41, 5.74) is 6.99. The van der Waals surface area contributed by atoms with Gasteiger partial charge in [-0.25, -0.2) is 0 Å². The van der Waals surface area contributed by atoms with Gasteiger partial charge in [0.15, 0.2) is 5.96 Å². The lowest BCUT2D eigenvalue weighted by Crippen LogP contribution is -2.31. The number of rotatable bonds is 7. The maximum atomic E-state index is 5.65. The largest absolute Gasteiger partial charge is 0.370 e. The molecule has 4 nitrogen and oxygen atoms in total. The SMILES string of the molecule is CCNC(N)=NCCCN(C)Cc1ccccc1. The molecule has 100 valence electrons. The average molecular weight is 248 g/mol. The van der Waals surface area contributed by atoms with E-state index in [1.165, 1.54) is 5.56 Å². The molecule has 0 fully saturated rings. The highest BCUT2D eigenvalue weighted by Crippen LogP contribution is 2.02. The van der Waals surface area contributed by atoms with Crippen molar-refractivity contribution in [2.45, 2.75) is 19.9 Å². The first-order valence-corrected chi connectivity index (χ1v) is 6.48. The zero-order valence-corrected chi connectivity index (χ0v) is 11.4. The Bertz CT molecular complexity index is 348. The van der Waals surface area contributed by atoms with Gasteiger partial charge >= 0.3 is 0 Å². The lowest BCUT2D eigenvalue weighted by molar-refractivity contribution is 0.324. The van der Waals surface area contributed by atoms with Crippen LogP contribution in [-0.2, 0) is 6.54 Å². The summed E-state index contributed by atoms with van der Waals surface area (Å²) in [6.45, 7) is 5.61. The van der Waals surface area contributed by atoms with Crippen LogP contribution in [0.3, 0.4) is 0 Å². The third kappa shape index (κ3) is 6.25. The molecule has 18 heavy (non-hydrogen) atoms. The van der Waals surface area contributed by atoms with Gasteiger partial charge < -0.3 is 16.0 Å². The molecule has 0 saturated heterocycles. The molecular formula is C14H24N4. The lowest BCUT2D eigenvalue weighted by atomic mass is 10.2. The fourth-order valence-electron chi connectivity index (χ4n) is 1.75. The van der Waals surface area contributed by atoms with E-state index in [0.717, 1.165) is 32.6 Å². The van der Waals surface area contributed by atoms with Gasteiger partial charge in [-0.15, -0.1) is 0 Å². The van der Waals surface area contributed by atoms with E-state index < -0.39 is 0 Å². The highest BCUT2D eigenvalue weighted by atomic mass is 15.1. The fourth-order valence-corrected chi connectivity index (χ4v) is 1.75. The van der Waals surface area contributed by atoms with Crippen LogP contribution in [0.4, 0.5) is 0 Å². The quantitative estimate of drug-likeness (QED) is 0.436. The van der Waals surface area contributed by atoms with E-state index in [9.17, 15) is 0 Å². The Morgan fingerprint density at radius 3 is 2.72 bits per heavy atom. The molecule has 4 heteroatoms. The number of benzene rings is 1. The van der Waals surface area contributed by atoms with Crippen molar-refractivity contribution in [3.8, 4) is 0 Å². The number of nitrogens with zero attached hydrogens (tertiary/aromatic N) is 2. The van der Waals surface area contributed by atoms with Gasteiger partial charge in [0.05, 0.1) is 0 Å². The fraction of sp³-hybridized carbons (Fsp3) is 0.500. The van der Waals surface area contributed by atoms with Gasteiger partial charge in [0.2, 0.25) is 0 Å². The van der Waals surface area contributed by atoms with Crippen molar-refractivity contribution < 1.29 is 0 Å². The molecule has 0 amide bonds. The Balaban J connectivity index is 2.18. The van der Waals surface area contributed by atoms with Crippen LogP contribution >= 0.6 is 0 Å². The normalized spacial score (nSPS) is 11.8. The predicted molar refractivity (Wildman–Crippen MR) is 77.6 cm³/mol. The van der Waals surface area contributed by atoms with E-state index >= 15 is 0 Å². The Kier molecular flexibility index (Phi) is 6.87. The summed E-state index contributed by atoms with van der Waals surface area (Å²) in [5.74, 6) is 0.545. The Hall–Kier alpha value is -1.55. The van der Waals surface area contributed by atoms with Crippen LogP contribution in [0.5, 0.6) is 0 Å². The minimum absolute atomic E-state index is 0.545. The third-order valence-electron chi connectivity index (χ3n) is 2.63. The molecular weight excluding hydrogens is 224 g/mol. The first-order chi connectivity index (χ1) is 8.72. The van der Waals surface area contributed by atoms with Crippen molar-refractivity contribution in [2.75, 3.05) is 26.7 Å². The molecule has 1 aromatic carbocycles. The Morgan fingerprint density at radius 1 is 1.33 bits per heavy atom. The van der Waals surface area contributed by atoms with Gasteiger partial charge in [0, 0.05) is 19.6 Å². The van der Waals surface area contributed by atoms with Crippen LogP contribution in [0.25, 0.3) is 0 Å². The van der Waals surface area contributed by atoms with Crippen molar-refractivity contribution >= 4 is 5.96 Å². The predicted octanol–water partition coefficient (Wildman–Crippen LogP) is 1.43. The monoisotopic (exact) mass is 248 g/mol. The van der Waals surface area contributed by atoms with E-state index in [2.05, 4.69) is 46.5 Å². The first kappa shape index (κ1) is 14.5. The summed E-state index contributed by atoms with van der Waals surface area (Å²) < 4.78 is 0. The van der Waals surface area contributed by atoms with Crippen LogP contribution in [0.2, 0.25) is 0 Å². The molecule has 0 aromatic heterocycles. The van der Waals surface area contributed by atoms with Crippen LogP contribution in [0.15, 0.2) is 35.3 Å². The molecule has 3 N–H and O–H groups in total. The topological polar surface area (TPSA) is 53.6 Å².